The Kier molecular flexibility index (Phi) is 4.32. The summed E-state index contributed by atoms with van der Waals surface area (Å²) >= 11 is 0. The molecule has 1 unspecified atom stereocenters. The summed E-state index contributed by atoms with van der Waals surface area (Å²) in [7, 11) is 1.71. The van der Waals surface area contributed by atoms with E-state index in [2.05, 4.69) is 30.9 Å². The minimum Gasteiger partial charge on any atom is -0.464 e. The Hall–Kier alpha value is -2.12. The van der Waals surface area contributed by atoms with Gasteiger partial charge in [0.1, 0.15) is 6.04 Å². The maximum Gasteiger partial charge on any atom is 0.323 e. The van der Waals surface area contributed by atoms with E-state index in [4.69, 9.17) is 4.74 Å². The molecule has 8 heteroatoms. The van der Waals surface area contributed by atoms with Crippen LogP contribution in [0, 0.1) is 0 Å². The lowest BCUT2D eigenvalue weighted by Crippen LogP contribution is -2.44. The van der Waals surface area contributed by atoms with Crippen molar-refractivity contribution in [2.24, 2.45) is 0 Å². The van der Waals surface area contributed by atoms with Gasteiger partial charge in [-0.1, -0.05) is 0 Å². The highest BCUT2D eigenvalue weighted by Gasteiger charge is 2.23. The first-order valence-electron chi connectivity index (χ1n) is 6.33. The number of hydrogen-bond donors (Lipinski definition) is 3. The monoisotopic (exact) mass is 266 g/mol. The molecule has 1 aliphatic heterocycles. The molecule has 2 heterocycles. The predicted octanol–water partition coefficient (Wildman–Crippen LogP) is 0.00250. The lowest BCUT2D eigenvalue weighted by atomic mass is 10.1. The summed E-state index contributed by atoms with van der Waals surface area (Å²) < 4.78 is 5.26. The second-order valence-corrected chi connectivity index (χ2v) is 4.08. The Morgan fingerprint density at radius 1 is 1.37 bits per heavy atom. The summed E-state index contributed by atoms with van der Waals surface area (Å²) in [4.78, 5) is 24.0. The van der Waals surface area contributed by atoms with E-state index >= 15 is 0 Å². The lowest BCUT2D eigenvalue weighted by molar-refractivity contribution is -0.123. The normalized spacial score (nSPS) is 18.6. The van der Waals surface area contributed by atoms with Gasteiger partial charge in [-0.15, -0.1) is 0 Å². The number of anilines is 2. The van der Waals surface area contributed by atoms with Crippen LogP contribution in [0.25, 0.3) is 0 Å². The van der Waals surface area contributed by atoms with E-state index in [1.165, 1.54) is 0 Å². The fraction of sp³-hybridized carbons (Fsp3) is 0.636. The highest BCUT2D eigenvalue weighted by molar-refractivity contribution is 5.84. The molecule has 0 saturated carbocycles. The molecule has 0 bridgehead atoms. The molecule has 2 rings (SSSR count). The minimum atomic E-state index is -0.310. The smallest absolute Gasteiger partial charge is 0.323 e. The summed E-state index contributed by atoms with van der Waals surface area (Å²) in [6.45, 7) is 3.04. The van der Waals surface area contributed by atoms with Crippen molar-refractivity contribution in [3.8, 4) is 6.01 Å². The van der Waals surface area contributed by atoms with E-state index in [-0.39, 0.29) is 18.0 Å². The number of nitrogens with one attached hydrogen (secondary N) is 3. The molecule has 1 amide bonds. The third-order valence-corrected chi connectivity index (χ3v) is 2.70. The summed E-state index contributed by atoms with van der Waals surface area (Å²) in [5.41, 5.74) is 0. The second-order valence-electron chi connectivity index (χ2n) is 4.08. The van der Waals surface area contributed by atoms with Gasteiger partial charge in [0.25, 0.3) is 0 Å². The number of rotatable bonds is 5. The van der Waals surface area contributed by atoms with Crippen LogP contribution in [0.5, 0.6) is 6.01 Å². The molecule has 0 aromatic carbocycles. The number of aromatic nitrogens is 3. The lowest BCUT2D eigenvalue weighted by Gasteiger charge is -2.22. The van der Waals surface area contributed by atoms with Crippen LogP contribution in [-0.4, -0.2) is 47.1 Å². The maximum absolute atomic E-state index is 11.7. The summed E-state index contributed by atoms with van der Waals surface area (Å²) in [5.74, 6) is 0.706. The largest absolute Gasteiger partial charge is 0.464 e. The summed E-state index contributed by atoms with van der Waals surface area (Å²) in [5, 5.41) is 8.64. The zero-order chi connectivity index (χ0) is 13.7. The minimum absolute atomic E-state index is 0.0318. The van der Waals surface area contributed by atoms with Gasteiger partial charge < -0.3 is 20.7 Å². The molecule has 8 nitrogen and oxygen atoms in total. The fourth-order valence-corrected chi connectivity index (χ4v) is 1.79. The van der Waals surface area contributed by atoms with Crippen LogP contribution < -0.4 is 20.7 Å². The van der Waals surface area contributed by atoms with Crippen LogP contribution in [0.2, 0.25) is 0 Å². The van der Waals surface area contributed by atoms with Crippen molar-refractivity contribution < 1.29 is 9.53 Å². The molecule has 1 atom stereocenters. The van der Waals surface area contributed by atoms with Crippen LogP contribution in [0.3, 0.4) is 0 Å². The number of nitrogens with zero attached hydrogens (tertiary/aromatic N) is 3. The second kappa shape index (κ2) is 6.17. The Labute approximate surface area is 111 Å². The zero-order valence-corrected chi connectivity index (χ0v) is 11.1. The third-order valence-electron chi connectivity index (χ3n) is 2.70. The Morgan fingerprint density at radius 3 is 2.84 bits per heavy atom. The summed E-state index contributed by atoms with van der Waals surface area (Å²) in [6.07, 6.45) is 1.70. The highest BCUT2D eigenvalue weighted by Crippen LogP contribution is 2.14. The molecule has 104 valence electrons. The van der Waals surface area contributed by atoms with Gasteiger partial charge in [-0.3, -0.25) is 4.79 Å². The molecule has 0 radical (unpaired) electrons. The van der Waals surface area contributed by atoms with Gasteiger partial charge >= 0.3 is 6.01 Å². The average Bonchev–Trinajstić information content (AvgIpc) is 2.41. The van der Waals surface area contributed by atoms with Gasteiger partial charge in [0.15, 0.2) is 0 Å². The fourth-order valence-electron chi connectivity index (χ4n) is 1.79. The Morgan fingerprint density at radius 2 is 2.16 bits per heavy atom. The number of ether oxygens (including phenoxy) is 1. The van der Waals surface area contributed by atoms with Crippen LogP contribution >= 0.6 is 0 Å². The van der Waals surface area contributed by atoms with Crippen molar-refractivity contribution in [3.05, 3.63) is 0 Å². The Balaban J connectivity index is 2.13. The SMILES string of the molecule is CCOc1nc(NC)nc(NC2CCCNC2=O)n1. The van der Waals surface area contributed by atoms with E-state index in [1.54, 1.807) is 7.05 Å². The average molecular weight is 266 g/mol. The standard InChI is InChI=1S/C11H18N6O2/c1-3-19-11-16-9(12-2)15-10(17-11)14-7-5-4-6-13-8(7)18/h7H,3-6H2,1-2H3,(H,13,18)(H2,12,14,15,16,17). The first-order valence-corrected chi connectivity index (χ1v) is 6.33. The maximum atomic E-state index is 11.7. The number of amides is 1. The first kappa shape index (κ1) is 13.3. The molecule has 0 spiro atoms. The van der Waals surface area contributed by atoms with E-state index in [1.807, 2.05) is 6.92 Å². The molecule has 3 N–H and O–H groups in total. The number of carbonyl (C=O) groups is 1. The van der Waals surface area contributed by atoms with E-state index in [9.17, 15) is 4.79 Å². The predicted molar refractivity (Wildman–Crippen MR) is 70.2 cm³/mol. The van der Waals surface area contributed by atoms with Crippen molar-refractivity contribution in [3.63, 3.8) is 0 Å². The molecule has 1 aliphatic rings. The van der Waals surface area contributed by atoms with Crippen molar-refractivity contribution in [1.29, 1.82) is 0 Å². The molecular weight excluding hydrogens is 248 g/mol. The number of piperidine rings is 1. The van der Waals surface area contributed by atoms with Crippen LogP contribution in [0.15, 0.2) is 0 Å². The first-order chi connectivity index (χ1) is 9.22. The quantitative estimate of drug-likeness (QED) is 0.689. The number of hydrogen-bond acceptors (Lipinski definition) is 7. The van der Waals surface area contributed by atoms with Crippen molar-refractivity contribution in [1.82, 2.24) is 20.3 Å². The van der Waals surface area contributed by atoms with Crippen LogP contribution in [0.1, 0.15) is 19.8 Å². The highest BCUT2D eigenvalue weighted by atomic mass is 16.5. The van der Waals surface area contributed by atoms with Crippen LogP contribution in [-0.2, 0) is 4.79 Å². The zero-order valence-electron chi connectivity index (χ0n) is 11.1. The molecule has 1 aromatic heterocycles. The Bertz CT molecular complexity index is 453. The van der Waals surface area contributed by atoms with Gasteiger partial charge in [0.05, 0.1) is 6.61 Å². The molecule has 1 aromatic rings. The van der Waals surface area contributed by atoms with E-state index in [0.29, 0.717) is 18.5 Å². The van der Waals surface area contributed by atoms with Crippen molar-refractivity contribution in [2.75, 3.05) is 30.8 Å². The third kappa shape index (κ3) is 3.43. The molecule has 1 fully saturated rings. The van der Waals surface area contributed by atoms with Crippen molar-refractivity contribution in [2.45, 2.75) is 25.8 Å². The molecular formula is C11H18N6O2. The summed E-state index contributed by atoms with van der Waals surface area (Å²) in [6, 6.07) is -0.0732. The van der Waals surface area contributed by atoms with Gasteiger partial charge in [0, 0.05) is 13.6 Å². The van der Waals surface area contributed by atoms with Gasteiger partial charge in [-0.25, -0.2) is 0 Å². The molecule has 0 aliphatic carbocycles. The molecule has 1 saturated heterocycles. The van der Waals surface area contributed by atoms with Gasteiger partial charge in [-0.05, 0) is 19.8 Å². The van der Waals surface area contributed by atoms with Crippen molar-refractivity contribution >= 4 is 17.8 Å². The molecule has 19 heavy (non-hydrogen) atoms. The van der Waals surface area contributed by atoms with E-state index in [0.717, 1.165) is 19.4 Å². The van der Waals surface area contributed by atoms with Crippen LogP contribution in [0.4, 0.5) is 11.9 Å². The van der Waals surface area contributed by atoms with E-state index < -0.39 is 0 Å². The number of carbonyl (C=O) groups excluding carboxylic acids is 1. The van der Waals surface area contributed by atoms with Gasteiger partial charge in [0.2, 0.25) is 17.8 Å². The topological polar surface area (TPSA) is 101 Å². The van der Waals surface area contributed by atoms with Gasteiger partial charge in [-0.2, -0.15) is 15.0 Å².